The molecule has 0 atom stereocenters. The predicted octanol–water partition coefficient (Wildman–Crippen LogP) is 2.73. The molecular weight excluding hydrogens is 306 g/mol. The van der Waals surface area contributed by atoms with Crippen LogP contribution in [-0.4, -0.2) is 31.3 Å². The summed E-state index contributed by atoms with van der Waals surface area (Å²) in [6.07, 6.45) is 4.64. The molecule has 7 nitrogen and oxygen atoms in total. The Morgan fingerprint density at radius 2 is 2.29 bits per heavy atom. The highest BCUT2D eigenvalue weighted by molar-refractivity contribution is 5.91. The number of rotatable bonds is 3. The molecule has 7 heteroatoms. The monoisotopic (exact) mass is 323 g/mol. The van der Waals surface area contributed by atoms with Crippen molar-refractivity contribution in [2.24, 2.45) is 0 Å². The maximum atomic E-state index is 11.3. The molecule has 4 rings (SSSR count). The first-order valence-electron chi connectivity index (χ1n) is 7.89. The van der Waals surface area contributed by atoms with E-state index in [0.717, 1.165) is 47.7 Å². The van der Waals surface area contributed by atoms with Crippen molar-refractivity contribution >= 4 is 16.6 Å². The van der Waals surface area contributed by atoms with Crippen LogP contribution in [0.15, 0.2) is 30.6 Å². The number of aryl methyl sites for hydroxylation is 1. The minimum Gasteiger partial charge on any atom is -0.361 e. The minimum atomic E-state index is -0.318. The minimum absolute atomic E-state index is 0.153. The largest absolute Gasteiger partial charge is 0.361 e. The fourth-order valence-corrected chi connectivity index (χ4v) is 3.36. The molecular formula is C17H17N5O2. The number of fused-ring (bicyclic) bond motifs is 2. The zero-order valence-corrected chi connectivity index (χ0v) is 13.3. The summed E-state index contributed by atoms with van der Waals surface area (Å²) in [5.41, 5.74) is 4.16. The third kappa shape index (κ3) is 2.52. The van der Waals surface area contributed by atoms with Gasteiger partial charge in [0.2, 0.25) is 0 Å². The highest BCUT2D eigenvalue weighted by atomic mass is 16.6. The molecule has 0 unspecified atom stereocenters. The molecule has 0 radical (unpaired) electrons. The summed E-state index contributed by atoms with van der Waals surface area (Å²) in [5, 5.41) is 12.0. The van der Waals surface area contributed by atoms with Crippen LogP contribution in [0.5, 0.6) is 0 Å². The number of benzene rings is 1. The molecule has 0 spiro atoms. The van der Waals surface area contributed by atoms with Gasteiger partial charge in [-0.3, -0.25) is 15.0 Å². The lowest BCUT2D eigenvalue weighted by Crippen LogP contribution is -2.31. The van der Waals surface area contributed by atoms with Crippen molar-refractivity contribution in [3.8, 4) is 0 Å². The van der Waals surface area contributed by atoms with Crippen LogP contribution < -0.4 is 0 Å². The van der Waals surface area contributed by atoms with Crippen molar-refractivity contribution in [2.75, 3.05) is 6.54 Å². The lowest BCUT2D eigenvalue weighted by Gasteiger charge is -2.27. The van der Waals surface area contributed by atoms with Crippen LogP contribution in [0.3, 0.4) is 0 Å². The van der Waals surface area contributed by atoms with Gasteiger partial charge in [-0.1, -0.05) is 6.07 Å². The summed E-state index contributed by atoms with van der Waals surface area (Å²) in [6.45, 7) is 4.22. The van der Waals surface area contributed by atoms with E-state index in [2.05, 4.69) is 19.9 Å². The maximum Gasteiger partial charge on any atom is 0.279 e. The number of aromatic amines is 1. The van der Waals surface area contributed by atoms with Crippen molar-refractivity contribution < 1.29 is 4.92 Å². The number of nitro groups is 1. The van der Waals surface area contributed by atoms with Crippen molar-refractivity contribution in [1.29, 1.82) is 0 Å². The molecule has 3 heterocycles. The van der Waals surface area contributed by atoms with Crippen LogP contribution in [0.25, 0.3) is 10.9 Å². The number of hydrogen-bond donors (Lipinski definition) is 1. The molecule has 0 saturated carbocycles. The maximum absolute atomic E-state index is 11.3. The van der Waals surface area contributed by atoms with Gasteiger partial charge in [0.15, 0.2) is 0 Å². The van der Waals surface area contributed by atoms with E-state index in [9.17, 15) is 10.1 Å². The fraction of sp³-hybridized carbons (Fsp3) is 0.294. The fourth-order valence-electron chi connectivity index (χ4n) is 3.36. The van der Waals surface area contributed by atoms with Gasteiger partial charge < -0.3 is 4.98 Å². The molecule has 0 saturated heterocycles. The van der Waals surface area contributed by atoms with Gasteiger partial charge in [0.25, 0.3) is 5.69 Å². The number of nitro benzene ring substituents is 1. The van der Waals surface area contributed by atoms with Gasteiger partial charge in [-0.2, -0.15) is 0 Å². The Bertz CT molecular complexity index is 934. The summed E-state index contributed by atoms with van der Waals surface area (Å²) >= 11 is 0. The van der Waals surface area contributed by atoms with Crippen molar-refractivity contribution in [3.63, 3.8) is 0 Å². The molecule has 1 aliphatic heterocycles. The van der Waals surface area contributed by atoms with E-state index in [1.807, 2.05) is 25.4 Å². The molecule has 1 aliphatic rings. The summed E-state index contributed by atoms with van der Waals surface area (Å²) in [4.78, 5) is 25.2. The molecule has 0 fully saturated rings. The molecule has 3 aromatic rings. The molecule has 2 aromatic heterocycles. The Morgan fingerprint density at radius 3 is 3.12 bits per heavy atom. The van der Waals surface area contributed by atoms with E-state index in [1.165, 1.54) is 0 Å². The lowest BCUT2D eigenvalue weighted by molar-refractivity contribution is -0.383. The van der Waals surface area contributed by atoms with E-state index in [-0.39, 0.29) is 10.6 Å². The van der Waals surface area contributed by atoms with Crippen LogP contribution in [0, 0.1) is 17.0 Å². The standard InChI is InChI=1S/C17H17N5O2/c1-11-18-7-12-9-21(6-5-14(12)20-11)10-13-8-19-15-3-2-4-16(17(13)15)22(23)24/h2-4,7-8,19H,5-6,9-10H2,1H3. The van der Waals surface area contributed by atoms with E-state index < -0.39 is 0 Å². The van der Waals surface area contributed by atoms with Crippen LogP contribution >= 0.6 is 0 Å². The van der Waals surface area contributed by atoms with E-state index >= 15 is 0 Å². The average molecular weight is 323 g/mol. The zero-order chi connectivity index (χ0) is 16.7. The third-order valence-corrected chi connectivity index (χ3v) is 4.49. The first-order valence-corrected chi connectivity index (χ1v) is 7.89. The van der Waals surface area contributed by atoms with Gasteiger partial charge in [-0.15, -0.1) is 0 Å². The second kappa shape index (κ2) is 5.68. The third-order valence-electron chi connectivity index (χ3n) is 4.49. The van der Waals surface area contributed by atoms with Crippen molar-refractivity contribution in [3.05, 3.63) is 63.4 Å². The van der Waals surface area contributed by atoms with Crippen LogP contribution in [0.2, 0.25) is 0 Å². The number of nitrogens with one attached hydrogen (secondary N) is 1. The first-order chi connectivity index (χ1) is 11.6. The normalized spacial score (nSPS) is 14.7. The summed E-state index contributed by atoms with van der Waals surface area (Å²) in [5.74, 6) is 0.800. The second-order valence-corrected chi connectivity index (χ2v) is 6.12. The van der Waals surface area contributed by atoms with E-state index in [0.29, 0.717) is 11.9 Å². The van der Waals surface area contributed by atoms with Crippen molar-refractivity contribution in [2.45, 2.75) is 26.4 Å². The lowest BCUT2D eigenvalue weighted by atomic mass is 10.1. The van der Waals surface area contributed by atoms with Gasteiger partial charge in [0, 0.05) is 55.8 Å². The molecule has 0 amide bonds. The van der Waals surface area contributed by atoms with E-state index in [1.54, 1.807) is 12.1 Å². The Morgan fingerprint density at radius 1 is 1.42 bits per heavy atom. The highest BCUT2D eigenvalue weighted by Gasteiger charge is 2.22. The topological polar surface area (TPSA) is 88.0 Å². The number of nitrogens with zero attached hydrogens (tertiary/aromatic N) is 4. The molecule has 122 valence electrons. The van der Waals surface area contributed by atoms with Gasteiger partial charge in [0.05, 0.1) is 15.8 Å². The molecule has 0 aliphatic carbocycles. The molecule has 1 aromatic carbocycles. The number of non-ortho nitro benzene ring substituents is 1. The smallest absolute Gasteiger partial charge is 0.279 e. The zero-order valence-electron chi connectivity index (χ0n) is 13.3. The Balaban J connectivity index is 1.64. The highest BCUT2D eigenvalue weighted by Crippen LogP contribution is 2.30. The number of aromatic nitrogens is 3. The average Bonchev–Trinajstić information content (AvgIpc) is 2.98. The van der Waals surface area contributed by atoms with Gasteiger partial charge in [-0.25, -0.2) is 9.97 Å². The van der Waals surface area contributed by atoms with Gasteiger partial charge in [-0.05, 0) is 18.6 Å². The van der Waals surface area contributed by atoms with Gasteiger partial charge in [0.1, 0.15) is 5.82 Å². The summed E-state index contributed by atoms with van der Waals surface area (Å²) < 4.78 is 0. The molecule has 1 N–H and O–H groups in total. The number of H-pyrrole nitrogens is 1. The SMILES string of the molecule is Cc1ncc2c(n1)CCN(Cc1c[nH]c3cccc([N+](=O)[O-])c13)C2. The second-order valence-electron chi connectivity index (χ2n) is 6.12. The quantitative estimate of drug-likeness (QED) is 0.591. The Hall–Kier alpha value is -2.80. The van der Waals surface area contributed by atoms with Crippen LogP contribution in [-0.2, 0) is 19.5 Å². The van der Waals surface area contributed by atoms with Crippen molar-refractivity contribution in [1.82, 2.24) is 19.9 Å². The molecule has 24 heavy (non-hydrogen) atoms. The van der Waals surface area contributed by atoms with Crippen LogP contribution in [0.1, 0.15) is 22.6 Å². The van der Waals surface area contributed by atoms with Gasteiger partial charge >= 0.3 is 0 Å². The number of hydrogen-bond acceptors (Lipinski definition) is 5. The van der Waals surface area contributed by atoms with E-state index in [4.69, 9.17) is 0 Å². The summed E-state index contributed by atoms with van der Waals surface area (Å²) in [7, 11) is 0. The first kappa shape index (κ1) is 14.8. The summed E-state index contributed by atoms with van der Waals surface area (Å²) in [6, 6.07) is 5.13. The van der Waals surface area contributed by atoms with Crippen LogP contribution in [0.4, 0.5) is 5.69 Å². The predicted molar refractivity (Wildman–Crippen MR) is 89.5 cm³/mol. The Kier molecular flexibility index (Phi) is 3.50. The molecule has 0 bridgehead atoms. The Labute approximate surface area is 138 Å².